The van der Waals surface area contributed by atoms with Crippen LogP contribution in [0.2, 0.25) is 0 Å². The largest absolute Gasteiger partial charge is 0.330 e. The third-order valence-electron chi connectivity index (χ3n) is 5.80. The van der Waals surface area contributed by atoms with E-state index in [9.17, 15) is 9.59 Å². The van der Waals surface area contributed by atoms with Crippen LogP contribution in [0.1, 0.15) is 105 Å². The minimum atomic E-state index is -0.897. The average Bonchev–Trinajstić information content (AvgIpc) is 2.97. The first-order chi connectivity index (χ1) is 12.8. The van der Waals surface area contributed by atoms with E-state index in [1.165, 1.54) is 4.90 Å². The van der Waals surface area contributed by atoms with Gasteiger partial charge in [0, 0.05) is 0 Å². The summed E-state index contributed by atoms with van der Waals surface area (Å²) < 4.78 is 0. The number of unbranched alkanes of at least 4 members (excludes halogenated alkanes) is 4. The summed E-state index contributed by atoms with van der Waals surface area (Å²) in [5.41, 5.74) is 11.7. The molecule has 0 aromatic rings. The van der Waals surface area contributed by atoms with Gasteiger partial charge in [-0.1, -0.05) is 79.1 Å². The molecule has 4 N–H and O–H groups in total. The van der Waals surface area contributed by atoms with Gasteiger partial charge in [-0.3, -0.25) is 9.69 Å². The molecule has 0 radical (unpaired) electrons. The molecule has 1 heterocycles. The molecule has 0 unspecified atom stereocenters. The highest BCUT2D eigenvalue weighted by atomic mass is 16.2. The molecule has 0 aromatic heterocycles. The van der Waals surface area contributed by atoms with Gasteiger partial charge in [0.25, 0.3) is 5.91 Å². The Kier molecular flexibility index (Phi) is 9.74. The van der Waals surface area contributed by atoms with Crippen LogP contribution < -0.4 is 11.5 Å². The molecule has 0 atom stereocenters. The van der Waals surface area contributed by atoms with Gasteiger partial charge in [0.1, 0.15) is 12.2 Å². The Hall–Kier alpha value is -1.14. The molecule has 1 fully saturated rings. The van der Waals surface area contributed by atoms with E-state index in [2.05, 4.69) is 27.7 Å². The highest BCUT2D eigenvalue weighted by Gasteiger charge is 2.51. The summed E-state index contributed by atoms with van der Waals surface area (Å²) in [6, 6.07) is -0.288. The third kappa shape index (κ3) is 5.92. The van der Waals surface area contributed by atoms with Crippen LogP contribution in [-0.4, -0.2) is 39.6 Å². The van der Waals surface area contributed by atoms with Gasteiger partial charge in [0.15, 0.2) is 0 Å². The van der Waals surface area contributed by atoms with Gasteiger partial charge in [-0.05, 0) is 25.7 Å². The summed E-state index contributed by atoms with van der Waals surface area (Å²) in [4.78, 5) is 29.2. The van der Waals surface area contributed by atoms with E-state index in [1.807, 2.05) is 0 Å². The lowest BCUT2D eigenvalue weighted by Crippen LogP contribution is -2.62. The lowest BCUT2D eigenvalue weighted by Gasteiger charge is -2.41. The third-order valence-corrected chi connectivity index (χ3v) is 5.80. The second kappa shape index (κ2) is 11.0. The molecule has 0 aromatic carbocycles. The number of rotatable bonds is 14. The van der Waals surface area contributed by atoms with Crippen molar-refractivity contribution in [2.45, 2.75) is 116 Å². The van der Waals surface area contributed by atoms with Crippen LogP contribution in [0.3, 0.4) is 0 Å². The number of nitrogens with zero attached hydrogens (tertiary/aromatic N) is 2. The average molecular weight is 383 g/mol. The molecule has 0 spiro atoms. The van der Waals surface area contributed by atoms with Crippen LogP contribution in [0.4, 0.5) is 4.79 Å². The topological polar surface area (TPSA) is 92.7 Å². The number of nitrogens with two attached hydrogens (primary N) is 2. The summed E-state index contributed by atoms with van der Waals surface area (Å²) >= 11 is 0. The van der Waals surface area contributed by atoms with Crippen LogP contribution in [0.5, 0.6) is 0 Å². The SMILES string of the molecule is CCCCC(N)(CCCC)N1CC(=O)N(C(N)(CCCC)CCCC)C1=O. The van der Waals surface area contributed by atoms with E-state index in [4.69, 9.17) is 11.5 Å². The van der Waals surface area contributed by atoms with Crippen molar-refractivity contribution in [3.8, 4) is 0 Å². The second-order valence-corrected chi connectivity index (χ2v) is 8.22. The van der Waals surface area contributed by atoms with E-state index >= 15 is 0 Å². The lowest BCUT2D eigenvalue weighted by atomic mass is 9.94. The van der Waals surface area contributed by atoms with Crippen LogP contribution in [0.25, 0.3) is 0 Å². The normalized spacial score (nSPS) is 15.9. The molecule has 1 saturated heterocycles. The molecule has 27 heavy (non-hydrogen) atoms. The van der Waals surface area contributed by atoms with Crippen LogP contribution in [-0.2, 0) is 4.79 Å². The van der Waals surface area contributed by atoms with Crippen molar-refractivity contribution in [2.24, 2.45) is 11.5 Å². The number of urea groups is 1. The first-order valence-electron chi connectivity index (χ1n) is 11.0. The van der Waals surface area contributed by atoms with Crippen molar-refractivity contribution >= 4 is 11.9 Å². The first kappa shape index (κ1) is 23.9. The number of hydrogen-bond acceptors (Lipinski definition) is 4. The molecule has 6 nitrogen and oxygen atoms in total. The first-order valence-corrected chi connectivity index (χ1v) is 11.0. The maximum atomic E-state index is 13.3. The zero-order chi connectivity index (χ0) is 20.5. The van der Waals surface area contributed by atoms with E-state index in [0.717, 1.165) is 64.2 Å². The molecule has 0 aliphatic carbocycles. The van der Waals surface area contributed by atoms with Crippen molar-refractivity contribution in [1.29, 1.82) is 0 Å². The summed E-state index contributed by atoms with van der Waals surface area (Å²) in [7, 11) is 0. The predicted molar refractivity (Wildman–Crippen MR) is 111 cm³/mol. The van der Waals surface area contributed by atoms with Crippen molar-refractivity contribution in [2.75, 3.05) is 6.54 Å². The Balaban J connectivity index is 3.10. The highest BCUT2D eigenvalue weighted by molar-refractivity contribution is 6.03. The van der Waals surface area contributed by atoms with Crippen LogP contribution >= 0.6 is 0 Å². The summed E-state index contributed by atoms with van der Waals surface area (Å²) in [5.74, 6) is -0.197. The van der Waals surface area contributed by atoms with Gasteiger partial charge in [-0.25, -0.2) is 9.69 Å². The van der Waals surface area contributed by atoms with Crippen LogP contribution in [0, 0.1) is 0 Å². The Morgan fingerprint density at radius 1 is 0.741 bits per heavy atom. The van der Waals surface area contributed by atoms with E-state index < -0.39 is 11.3 Å². The van der Waals surface area contributed by atoms with Crippen molar-refractivity contribution in [3.05, 3.63) is 0 Å². The van der Waals surface area contributed by atoms with E-state index in [1.54, 1.807) is 4.90 Å². The van der Waals surface area contributed by atoms with Crippen molar-refractivity contribution in [3.63, 3.8) is 0 Å². The zero-order valence-corrected chi connectivity index (χ0v) is 18.1. The zero-order valence-electron chi connectivity index (χ0n) is 18.1. The van der Waals surface area contributed by atoms with E-state index in [-0.39, 0.29) is 18.5 Å². The predicted octanol–water partition coefficient (Wildman–Crippen LogP) is 4.32. The Labute approximate surface area is 166 Å². The van der Waals surface area contributed by atoms with Crippen molar-refractivity contribution in [1.82, 2.24) is 9.80 Å². The van der Waals surface area contributed by atoms with Gasteiger partial charge in [-0.15, -0.1) is 0 Å². The molecule has 1 aliphatic heterocycles. The van der Waals surface area contributed by atoms with Gasteiger partial charge in [0.05, 0.1) is 5.66 Å². The second-order valence-electron chi connectivity index (χ2n) is 8.22. The maximum absolute atomic E-state index is 13.3. The summed E-state index contributed by atoms with van der Waals surface area (Å²) in [6.07, 6.45) is 10.4. The molecule has 0 saturated carbocycles. The quantitative estimate of drug-likeness (QED) is 0.438. The fourth-order valence-corrected chi connectivity index (χ4v) is 3.96. The molecule has 1 aliphatic rings. The minimum Gasteiger partial charge on any atom is -0.309 e. The fourth-order valence-electron chi connectivity index (χ4n) is 3.96. The van der Waals surface area contributed by atoms with E-state index in [0.29, 0.717) is 12.8 Å². The molecule has 1 rings (SSSR count). The molecule has 158 valence electrons. The van der Waals surface area contributed by atoms with Gasteiger partial charge >= 0.3 is 6.03 Å². The molecule has 3 amide bonds. The number of amides is 3. The summed E-state index contributed by atoms with van der Waals surface area (Å²) in [5, 5.41) is 0. The fraction of sp³-hybridized carbons (Fsp3) is 0.905. The molecular formula is C21H42N4O2. The molecular weight excluding hydrogens is 340 g/mol. The Bertz CT molecular complexity index is 465. The van der Waals surface area contributed by atoms with Gasteiger partial charge in [0.2, 0.25) is 0 Å². The number of imide groups is 1. The molecule has 6 heteroatoms. The number of hydrogen-bond donors (Lipinski definition) is 2. The van der Waals surface area contributed by atoms with Gasteiger partial charge in [-0.2, -0.15) is 0 Å². The molecule has 0 bridgehead atoms. The monoisotopic (exact) mass is 382 g/mol. The van der Waals surface area contributed by atoms with Gasteiger partial charge < -0.3 is 11.5 Å². The minimum absolute atomic E-state index is 0.0555. The Morgan fingerprint density at radius 2 is 1.11 bits per heavy atom. The number of carbonyl (C=O) groups excluding carboxylic acids is 2. The summed E-state index contributed by atoms with van der Waals surface area (Å²) in [6.45, 7) is 8.48. The lowest BCUT2D eigenvalue weighted by molar-refractivity contribution is -0.130. The maximum Gasteiger partial charge on any atom is 0.330 e. The number of carbonyl (C=O) groups is 2. The van der Waals surface area contributed by atoms with Crippen molar-refractivity contribution < 1.29 is 9.59 Å². The highest BCUT2D eigenvalue weighted by Crippen LogP contribution is 2.33. The Morgan fingerprint density at radius 3 is 1.48 bits per heavy atom. The van der Waals surface area contributed by atoms with Crippen LogP contribution in [0.15, 0.2) is 0 Å². The smallest absolute Gasteiger partial charge is 0.309 e. The standard InChI is InChI=1S/C21H42N4O2/c1-5-9-13-20(22,14-10-6-2)24-17-18(26)25(19(24)27)21(23,15-11-7-3)16-12-8-4/h5-17,22-23H2,1-4H3.